The SMILES string of the molecule is COc1ccc(C(Oc2cc(OCCCOS(=O)(=O)c3ccc(C)cc3)c(Cl)c(C)c2Br)(c2ccccc2)c2ccc(OC)cc2)cc1. The van der Waals surface area contributed by atoms with Gasteiger partial charge in [0.05, 0.1) is 41.8 Å². The average Bonchev–Trinajstić information content (AvgIpc) is 3.11. The Bertz CT molecular complexity index is 1880. The molecular weight excluding hydrogens is 716 g/mol. The lowest BCUT2D eigenvalue weighted by atomic mass is 9.80. The molecule has 0 aliphatic carbocycles. The third-order valence-corrected chi connectivity index (χ3v) is 10.7. The molecule has 0 spiro atoms. The van der Waals surface area contributed by atoms with Gasteiger partial charge < -0.3 is 18.9 Å². The molecule has 0 bridgehead atoms. The van der Waals surface area contributed by atoms with E-state index in [4.69, 9.17) is 34.7 Å². The van der Waals surface area contributed by atoms with Gasteiger partial charge in [0, 0.05) is 29.2 Å². The monoisotopic (exact) mass is 750 g/mol. The third kappa shape index (κ3) is 7.65. The van der Waals surface area contributed by atoms with E-state index in [9.17, 15) is 8.42 Å². The van der Waals surface area contributed by atoms with Crippen LogP contribution in [-0.2, 0) is 19.9 Å². The molecule has 5 aromatic rings. The van der Waals surface area contributed by atoms with Crippen LogP contribution < -0.4 is 18.9 Å². The van der Waals surface area contributed by atoms with Crippen LogP contribution in [0.1, 0.15) is 34.2 Å². The Hall–Kier alpha value is -4.02. The number of rotatable bonds is 14. The van der Waals surface area contributed by atoms with Crippen molar-refractivity contribution >= 4 is 37.6 Å². The predicted molar refractivity (Wildman–Crippen MR) is 191 cm³/mol. The summed E-state index contributed by atoms with van der Waals surface area (Å²) in [4.78, 5) is 0.109. The fourth-order valence-electron chi connectivity index (χ4n) is 5.24. The highest BCUT2D eigenvalue weighted by Crippen LogP contribution is 2.47. The van der Waals surface area contributed by atoms with E-state index in [-0.39, 0.29) is 18.1 Å². The van der Waals surface area contributed by atoms with Gasteiger partial charge in [-0.25, -0.2) is 0 Å². The van der Waals surface area contributed by atoms with Gasteiger partial charge >= 0.3 is 0 Å². The van der Waals surface area contributed by atoms with Crippen molar-refractivity contribution in [1.82, 2.24) is 0 Å². The molecule has 250 valence electrons. The van der Waals surface area contributed by atoms with Gasteiger partial charge in [0.2, 0.25) is 0 Å². The van der Waals surface area contributed by atoms with Crippen molar-refractivity contribution in [1.29, 1.82) is 0 Å². The molecule has 0 aliphatic heterocycles. The van der Waals surface area contributed by atoms with Crippen molar-refractivity contribution in [2.75, 3.05) is 27.4 Å². The van der Waals surface area contributed by atoms with Gasteiger partial charge in [-0.05, 0) is 71.7 Å². The summed E-state index contributed by atoms with van der Waals surface area (Å²) in [6.07, 6.45) is 0.304. The molecule has 0 amide bonds. The van der Waals surface area contributed by atoms with Gasteiger partial charge in [-0.3, -0.25) is 4.18 Å². The highest BCUT2D eigenvalue weighted by molar-refractivity contribution is 9.10. The lowest BCUT2D eigenvalue weighted by Gasteiger charge is -2.37. The molecule has 0 saturated heterocycles. The van der Waals surface area contributed by atoms with Gasteiger partial charge in [0.25, 0.3) is 10.1 Å². The summed E-state index contributed by atoms with van der Waals surface area (Å²) < 4.78 is 55.3. The summed E-state index contributed by atoms with van der Waals surface area (Å²) in [7, 11) is -0.624. The minimum Gasteiger partial charge on any atom is -0.497 e. The molecule has 0 heterocycles. The zero-order chi connectivity index (χ0) is 34.3. The quantitative estimate of drug-likeness (QED) is 0.0636. The van der Waals surface area contributed by atoms with Gasteiger partial charge in [-0.15, -0.1) is 0 Å². The van der Waals surface area contributed by atoms with Crippen molar-refractivity contribution in [2.45, 2.75) is 30.8 Å². The van der Waals surface area contributed by atoms with Crippen LogP contribution in [0.5, 0.6) is 23.0 Å². The largest absolute Gasteiger partial charge is 0.497 e. The number of methoxy groups -OCH3 is 2. The molecule has 5 rings (SSSR count). The molecule has 0 saturated carbocycles. The molecule has 0 radical (unpaired) electrons. The normalized spacial score (nSPS) is 11.6. The number of benzene rings is 5. The fourth-order valence-corrected chi connectivity index (χ4v) is 6.89. The summed E-state index contributed by atoms with van der Waals surface area (Å²) in [6, 6.07) is 33.7. The zero-order valence-electron chi connectivity index (χ0n) is 27.0. The molecule has 7 nitrogen and oxygen atoms in total. The van der Waals surface area contributed by atoms with E-state index >= 15 is 0 Å². The molecule has 0 fully saturated rings. The smallest absolute Gasteiger partial charge is 0.296 e. The molecule has 10 heteroatoms. The first kappa shape index (κ1) is 35.3. The summed E-state index contributed by atoms with van der Waals surface area (Å²) in [6.45, 7) is 3.86. The zero-order valence-corrected chi connectivity index (χ0v) is 30.2. The van der Waals surface area contributed by atoms with Crippen LogP contribution in [0.3, 0.4) is 0 Å². The standard InChI is InChI=1S/C38H36BrClO7S/c1-26-11-21-33(22-12-26)48(41,42)46-24-8-23-45-35-25-34(36(39)27(2)37(35)40)47-38(28-9-6-5-7-10-28,29-13-17-31(43-3)18-14-29)30-15-19-32(44-4)20-16-30/h5-7,9-22,25H,8,23-24H2,1-4H3. The van der Waals surface area contributed by atoms with Crippen LogP contribution in [0.4, 0.5) is 0 Å². The van der Waals surface area contributed by atoms with Crippen LogP contribution in [0.15, 0.2) is 119 Å². The van der Waals surface area contributed by atoms with Crippen LogP contribution in [0, 0.1) is 13.8 Å². The fraction of sp³-hybridized carbons (Fsp3) is 0.211. The second-order valence-corrected chi connectivity index (χ2v) is 13.8. The Morgan fingerprint density at radius 3 is 1.79 bits per heavy atom. The highest BCUT2D eigenvalue weighted by Gasteiger charge is 2.40. The van der Waals surface area contributed by atoms with E-state index in [1.54, 1.807) is 32.4 Å². The van der Waals surface area contributed by atoms with E-state index in [0.29, 0.717) is 44.5 Å². The lowest BCUT2D eigenvalue weighted by Crippen LogP contribution is -2.36. The second-order valence-electron chi connectivity index (χ2n) is 11.0. The Kier molecular flexibility index (Phi) is 11.4. The van der Waals surface area contributed by atoms with E-state index in [0.717, 1.165) is 22.3 Å². The Balaban J connectivity index is 1.48. The van der Waals surface area contributed by atoms with E-state index in [1.165, 1.54) is 12.1 Å². The first-order valence-electron chi connectivity index (χ1n) is 15.2. The van der Waals surface area contributed by atoms with Gasteiger partial charge in [-0.2, -0.15) is 8.42 Å². The van der Waals surface area contributed by atoms with Crippen LogP contribution >= 0.6 is 27.5 Å². The molecule has 0 N–H and O–H groups in total. The maximum absolute atomic E-state index is 12.6. The van der Waals surface area contributed by atoms with Crippen molar-refractivity contribution in [2.24, 2.45) is 0 Å². The van der Waals surface area contributed by atoms with Crippen LogP contribution in [0.25, 0.3) is 0 Å². The number of ether oxygens (including phenoxy) is 4. The summed E-state index contributed by atoms with van der Waals surface area (Å²) in [5, 5.41) is 0.404. The first-order chi connectivity index (χ1) is 23.1. The number of halogens is 2. The van der Waals surface area contributed by atoms with Crippen molar-refractivity contribution in [3.05, 3.63) is 147 Å². The first-order valence-corrected chi connectivity index (χ1v) is 17.8. The molecule has 0 atom stereocenters. The number of hydrogen-bond donors (Lipinski definition) is 0. The van der Waals surface area contributed by atoms with Crippen molar-refractivity contribution in [3.63, 3.8) is 0 Å². The Morgan fingerprint density at radius 2 is 1.25 bits per heavy atom. The summed E-state index contributed by atoms with van der Waals surface area (Å²) in [5.74, 6) is 2.30. The average molecular weight is 752 g/mol. The van der Waals surface area contributed by atoms with Gasteiger partial charge in [0.15, 0.2) is 5.60 Å². The minimum absolute atomic E-state index is 0.0568. The number of hydrogen-bond acceptors (Lipinski definition) is 7. The van der Waals surface area contributed by atoms with E-state index in [1.807, 2.05) is 92.7 Å². The number of aryl methyl sites for hydroxylation is 1. The summed E-state index contributed by atoms with van der Waals surface area (Å²) >= 11 is 10.5. The minimum atomic E-state index is -3.88. The van der Waals surface area contributed by atoms with Crippen molar-refractivity contribution < 1.29 is 31.5 Å². The Morgan fingerprint density at radius 1 is 0.708 bits per heavy atom. The predicted octanol–water partition coefficient (Wildman–Crippen LogP) is 9.28. The highest BCUT2D eigenvalue weighted by atomic mass is 79.9. The lowest BCUT2D eigenvalue weighted by molar-refractivity contribution is 0.153. The molecule has 0 unspecified atom stereocenters. The molecular formula is C38H36BrClO7S. The third-order valence-electron chi connectivity index (χ3n) is 7.88. The molecule has 48 heavy (non-hydrogen) atoms. The van der Waals surface area contributed by atoms with E-state index in [2.05, 4.69) is 15.9 Å². The Labute approximate surface area is 295 Å². The van der Waals surface area contributed by atoms with Crippen molar-refractivity contribution in [3.8, 4) is 23.0 Å². The van der Waals surface area contributed by atoms with Gasteiger partial charge in [-0.1, -0.05) is 83.9 Å². The van der Waals surface area contributed by atoms with Crippen LogP contribution in [-0.4, -0.2) is 35.9 Å². The molecule has 0 aromatic heterocycles. The topological polar surface area (TPSA) is 80.3 Å². The van der Waals surface area contributed by atoms with Gasteiger partial charge in [0.1, 0.15) is 23.0 Å². The molecule has 5 aromatic carbocycles. The molecule has 0 aliphatic rings. The second kappa shape index (κ2) is 15.5. The van der Waals surface area contributed by atoms with E-state index < -0.39 is 15.7 Å². The maximum atomic E-state index is 12.6. The van der Waals surface area contributed by atoms with Crippen LogP contribution in [0.2, 0.25) is 5.02 Å². The maximum Gasteiger partial charge on any atom is 0.296 e. The summed E-state index contributed by atoms with van der Waals surface area (Å²) in [5.41, 5.74) is 3.14.